The molecule has 0 radical (unpaired) electrons. The molecule has 1 unspecified atom stereocenters. The Labute approximate surface area is 117 Å². The number of likely N-dealkylation sites (tertiary alicyclic amines) is 1. The lowest BCUT2D eigenvalue weighted by Crippen LogP contribution is -2.49. The number of urea groups is 1. The van der Waals surface area contributed by atoms with Gasteiger partial charge in [-0.05, 0) is 32.2 Å². The van der Waals surface area contributed by atoms with Crippen LogP contribution in [-0.2, 0) is 9.59 Å². The number of carbonyl (C=O) groups is 3. The number of rotatable bonds is 5. The van der Waals surface area contributed by atoms with Gasteiger partial charge in [-0.25, -0.2) is 4.79 Å². The second-order valence-corrected chi connectivity index (χ2v) is 5.51. The number of imide groups is 1. The lowest BCUT2D eigenvalue weighted by Gasteiger charge is -2.34. The van der Waals surface area contributed by atoms with E-state index in [9.17, 15) is 14.4 Å². The molecule has 3 N–H and O–H groups in total. The van der Waals surface area contributed by atoms with Crippen molar-refractivity contribution in [3.63, 3.8) is 0 Å². The molecule has 2 rings (SSSR count). The van der Waals surface area contributed by atoms with Crippen molar-refractivity contribution in [2.45, 2.75) is 50.6 Å². The molecule has 1 saturated carbocycles. The fraction of sp³-hybridized carbons (Fsp3) is 0.769. The van der Waals surface area contributed by atoms with Crippen LogP contribution >= 0.6 is 0 Å². The van der Waals surface area contributed by atoms with Gasteiger partial charge in [-0.1, -0.05) is 6.42 Å². The molecule has 7 nitrogen and oxygen atoms in total. The highest BCUT2D eigenvalue weighted by molar-refractivity contribution is 5.95. The number of aliphatic carboxylic acids is 1. The Morgan fingerprint density at radius 2 is 1.90 bits per heavy atom. The number of piperidine rings is 1. The van der Waals surface area contributed by atoms with Gasteiger partial charge in [0.1, 0.15) is 0 Å². The third-order valence-corrected chi connectivity index (χ3v) is 3.67. The van der Waals surface area contributed by atoms with Gasteiger partial charge >= 0.3 is 12.0 Å². The summed E-state index contributed by atoms with van der Waals surface area (Å²) in [6.45, 7) is 0.783. The summed E-state index contributed by atoms with van der Waals surface area (Å²) in [6, 6.07) is -0.361. The first-order valence-corrected chi connectivity index (χ1v) is 7.11. The normalized spacial score (nSPS) is 23.1. The van der Waals surface area contributed by atoms with Crippen LogP contribution in [0, 0.1) is 0 Å². The summed E-state index contributed by atoms with van der Waals surface area (Å²) in [4.78, 5) is 35.9. The molecule has 1 aliphatic carbocycles. The minimum absolute atomic E-state index is 0.0432. The maximum absolute atomic E-state index is 11.8. The summed E-state index contributed by atoms with van der Waals surface area (Å²) in [7, 11) is 0. The zero-order chi connectivity index (χ0) is 14.5. The lowest BCUT2D eigenvalue weighted by molar-refractivity contribution is -0.139. The summed E-state index contributed by atoms with van der Waals surface area (Å²) in [5.74, 6) is -1.23. The van der Waals surface area contributed by atoms with Crippen LogP contribution in [0.4, 0.5) is 4.79 Å². The van der Waals surface area contributed by atoms with E-state index in [-0.39, 0.29) is 31.0 Å². The number of nitrogens with one attached hydrogen (secondary N) is 2. The van der Waals surface area contributed by atoms with E-state index in [1.807, 2.05) is 4.90 Å². The zero-order valence-corrected chi connectivity index (χ0v) is 11.4. The minimum Gasteiger partial charge on any atom is -0.481 e. The molecule has 2 aliphatic rings. The SMILES string of the molecule is O=C(O)CC1CCCCN1CC(=O)NC(=O)NC1CC1. The van der Waals surface area contributed by atoms with Crippen LogP contribution in [0.1, 0.15) is 38.5 Å². The fourth-order valence-corrected chi connectivity index (χ4v) is 2.50. The summed E-state index contributed by atoms with van der Waals surface area (Å²) >= 11 is 0. The number of nitrogens with zero attached hydrogens (tertiary/aromatic N) is 1. The highest BCUT2D eigenvalue weighted by Crippen LogP contribution is 2.19. The van der Waals surface area contributed by atoms with Gasteiger partial charge in [0, 0.05) is 12.1 Å². The van der Waals surface area contributed by atoms with Crippen molar-refractivity contribution < 1.29 is 19.5 Å². The van der Waals surface area contributed by atoms with Crippen molar-refractivity contribution in [1.82, 2.24) is 15.5 Å². The minimum atomic E-state index is -0.853. The highest BCUT2D eigenvalue weighted by Gasteiger charge is 2.27. The van der Waals surface area contributed by atoms with Gasteiger partial charge < -0.3 is 10.4 Å². The molecule has 2 fully saturated rings. The van der Waals surface area contributed by atoms with Gasteiger partial charge in [-0.2, -0.15) is 0 Å². The molecule has 0 aromatic rings. The van der Waals surface area contributed by atoms with Crippen LogP contribution in [0.25, 0.3) is 0 Å². The Balaban J connectivity index is 1.77. The standard InChI is InChI=1S/C13H21N3O4/c17-11(15-13(20)14-9-4-5-9)8-16-6-2-1-3-10(16)7-12(18)19/h9-10H,1-8H2,(H,18,19)(H2,14,15,17,20). The van der Waals surface area contributed by atoms with E-state index < -0.39 is 12.0 Å². The van der Waals surface area contributed by atoms with Gasteiger partial charge in [0.25, 0.3) is 0 Å². The van der Waals surface area contributed by atoms with Crippen LogP contribution < -0.4 is 10.6 Å². The van der Waals surface area contributed by atoms with E-state index in [4.69, 9.17) is 5.11 Å². The molecule has 1 atom stereocenters. The highest BCUT2D eigenvalue weighted by atomic mass is 16.4. The molecule has 0 spiro atoms. The van der Waals surface area contributed by atoms with Gasteiger partial charge in [-0.3, -0.25) is 19.8 Å². The van der Waals surface area contributed by atoms with E-state index in [0.29, 0.717) is 6.54 Å². The molecule has 1 aliphatic heterocycles. The van der Waals surface area contributed by atoms with E-state index in [1.54, 1.807) is 0 Å². The maximum Gasteiger partial charge on any atom is 0.321 e. The molecule has 0 bridgehead atoms. The second kappa shape index (κ2) is 6.69. The van der Waals surface area contributed by atoms with Crippen molar-refractivity contribution in [3.05, 3.63) is 0 Å². The molecule has 20 heavy (non-hydrogen) atoms. The predicted octanol–water partition coefficient (Wildman–Crippen LogP) is 0.304. The molecule has 0 aromatic carbocycles. The monoisotopic (exact) mass is 283 g/mol. The first-order valence-electron chi connectivity index (χ1n) is 7.11. The van der Waals surface area contributed by atoms with E-state index in [0.717, 1.165) is 32.1 Å². The van der Waals surface area contributed by atoms with Crippen LogP contribution in [0.5, 0.6) is 0 Å². The van der Waals surface area contributed by atoms with Crippen molar-refractivity contribution in [1.29, 1.82) is 0 Å². The van der Waals surface area contributed by atoms with Crippen LogP contribution in [-0.4, -0.2) is 53.1 Å². The smallest absolute Gasteiger partial charge is 0.321 e. The topological polar surface area (TPSA) is 98.7 Å². The Morgan fingerprint density at radius 1 is 1.15 bits per heavy atom. The van der Waals surface area contributed by atoms with Gasteiger partial charge in [0.15, 0.2) is 0 Å². The first kappa shape index (κ1) is 14.8. The Bertz CT molecular complexity index is 395. The lowest BCUT2D eigenvalue weighted by atomic mass is 9.99. The molecule has 3 amide bonds. The zero-order valence-electron chi connectivity index (χ0n) is 11.4. The summed E-state index contributed by atoms with van der Waals surface area (Å²) < 4.78 is 0. The molecule has 0 aromatic heterocycles. The molecular formula is C13H21N3O4. The molecule has 112 valence electrons. The Hall–Kier alpha value is -1.63. The number of hydrogen-bond acceptors (Lipinski definition) is 4. The van der Waals surface area contributed by atoms with E-state index in [2.05, 4.69) is 10.6 Å². The number of carbonyl (C=O) groups excluding carboxylic acids is 2. The van der Waals surface area contributed by atoms with Crippen molar-refractivity contribution in [3.8, 4) is 0 Å². The molecule has 1 saturated heterocycles. The molecular weight excluding hydrogens is 262 g/mol. The summed E-state index contributed by atoms with van der Waals surface area (Å²) in [5.41, 5.74) is 0. The van der Waals surface area contributed by atoms with Crippen molar-refractivity contribution in [2.75, 3.05) is 13.1 Å². The predicted molar refractivity (Wildman–Crippen MR) is 71.2 cm³/mol. The fourth-order valence-electron chi connectivity index (χ4n) is 2.50. The number of carboxylic acids is 1. The third kappa shape index (κ3) is 4.80. The summed E-state index contributed by atoms with van der Waals surface area (Å²) in [5, 5.41) is 13.9. The first-order chi connectivity index (χ1) is 9.54. The Kier molecular flexibility index (Phi) is 4.94. The van der Waals surface area contributed by atoms with Crippen molar-refractivity contribution >= 4 is 17.9 Å². The van der Waals surface area contributed by atoms with Crippen LogP contribution in [0.3, 0.4) is 0 Å². The van der Waals surface area contributed by atoms with Crippen molar-refractivity contribution in [2.24, 2.45) is 0 Å². The number of hydrogen-bond donors (Lipinski definition) is 3. The summed E-state index contributed by atoms with van der Waals surface area (Å²) in [6.07, 6.45) is 4.70. The van der Waals surface area contributed by atoms with E-state index >= 15 is 0 Å². The largest absolute Gasteiger partial charge is 0.481 e. The van der Waals surface area contributed by atoms with E-state index in [1.165, 1.54) is 0 Å². The third-order valence-electron chi connectivity index (χ3n) is 3.67. The number of carboxylic acid groups (broad SMARTS) is 1. The molecule has 7 heteroatoms. The number of amides is 3. The average Bonchev–Trinajstić information content (AvgIpc) is 3.14. The maximum atomic E-state index is 11.8. The average molecular weight is 283 g/mol. The van der Waals surface area contributed by atoms with Gasteiger partial charge in [0.2, 0.25) is 5.91 Å². The van der Waals surface area contributed by atoms with Crippen LogP contribution in [0.15, 0.2) is 0 Å². The second-order valence-electron chi connectivity index (χ2n) is 5.51. The van der Waals surface area contributed by atoms with Crippen LogP contribution in [0.2, 0.25) is 0 Å². The van der Waals surface area contributed by atoms with Gasteiger partial charge in [0.05, 0.1) is 13.0 Å². The van der Waals surface area contributed by atoms with Gasteiger partial charge in [-0.15, -0.1) is 0 Å². The Morgan fingerprint density at radius 3 is 2.55 bits per heavy atom. The molecule has 1 heterocycles. The quantitative estimate of drug-likeness (QED) is 0.674.